The van der Waals surface area contributed by atoms with Gasteiger partial charge in [0.15, 0.2) is 18.1 Å². The molecule has 0 spiro atoms. The van der Waals surface area contributed by atoms with E-state index in [1.54, 1.807) is 18.2 Å². The fourth-order valence-electron chi connectivity index (χ4n) is 3.79. The summed E-state index contributed by atoms with van der Waals surface area (Å²) in [5, 5.41) is 5.72. The van der Waals surface area contributed by atoms with E-state index < -0.39 is 0 Å². The van der Waals surface area contributed by atoms with Crippen LogP contribution in [-0.2, 0) is 11.3 Å². The second-order valence-electron chi connectivity index (χ2n) is 8.43. The molecule has 1 aromatic heterocycles. The van der Waals surface area contributed by atoms with E-state index in [9.17, 15) is 9.59 Å². The number of ether oxygens (including phenoxy) is 2. The predicted molar refractivity (Wildman–Crippen MR) is 137 cm³/mol. The molecule has 0 fully saturated rings. The number of nitrogens with one attached hydrogen (secondary N) is 2. The number of hydrogen-bond donors (Lipinski definition) is 2. The number of methoxy groups -OCH3 is 1. The molecule has 9 heteroatoms. The average molecular weight is 482 g/mol. The van der Waals surface area contributed by atoms with Gasteiger partial charge in [0.2, 0.25) is 5.95 Å². The number of rotatable bonds is 12. The van der Waals surface area contributed by atoms with E-state index >= 15 is 0 Å². The Bertz CT molecular complexity index is 1150. The van der Waals surface area contributed by atoms with Gasteiger partial charge < -0.3 is 24.3 Å². The van der Waals surface area contributed by atoms with Gasteiger partial charge in [-0.1, -0.05) is 26.0 Å². The van der Waals surface area contributed by atoms with E-state index in [1.807, 2.05) is 42.7 Å². The molecule has 2 N–H and O–H groups in total. The van der Waals surface area contributed by atoms with E-state index in [0.717, 1.165) is 30.7 Å². The lowest BCUT2D eigenvalue weighted by atomic mass is 10.2. The third-order valence-corrected chi connectivity index (χ3v) is 5.65. The van der Waals surface area contributed by atoms with Crippen LogP contribution in [0.25, 0.3) is 11.0 Å². The summed E-state index contributed by atoms with van der Waals surface area (Å²) in [5.41, 5.74) is 2.18. The van der Waals surface area contributed by atoms with E-state index in [-0.39, 0.29) is 24.5 Å². The lowest BCUT2D eigenvalue weighted by Crippen LogP contribution is -2.34. The summed E-state index contributed by atoms with van der Waals surface area (Å²) < 4.78 is 13.0. The van der Waals surface area contributed by atoms with Gasteiger partial charge in [0.1, 0.15) is 0 Å². The van der Waals surface area contributed by atoms with Crippen molar-refractivity contribution in [3.63, 3.8) is 0 Å². The maximum Gasteiger partial charge on any atom is 0.258 e. The normalized spacial score (nSPS) is 11.2. The van der Waals surface area contributed by atoms with Crippen LogP contribution in [-0.4, -0.2) is 65.7 Å². The summed E-state index contributed by atoms with van der Waals surface area (Å²) in [6.07, 6.45) is 0. The Labute approximate surface area is 206 Å². The molecule has 0 aliphatic carbocycles. The molecule has 9 nitrogen and oxygen atoms in total. The van der Waals surface area contributed by atoms with Crippen molar-refractivity contribution in [1.82, 2.24) is 19.8 Å². The van der Waals surface area contributed by atoms with Crippen molar-refractivity contribution in [3.8, 4) is 11.5 Å². The highest BCUT2D eigenvalue weighted by molar-refractivity contribution is 6.04. The van der Waals surface area contributed by atoms with Gasteiger partial charge in [-0.3, -0.25) is 14.9 Å². The summed E-state index contributed by atoms with van der Waals surface area (Å²) in [6, 6.07) is 12.7. The van der Waals surface area contributed by atoms with Gasteiger partial charge in [0.05, 0.1) is 18.1 Å². The molecule has 0 saturated heterocycles. The zero-order valence-corrected chi connectivity index (χ0v) is 21.1. The molecule has 3 rings (SSSR count). The molecule has 0 atom stereocenters. The number of para-hydroxylation sites is 2. The summed E-state index contributed by atoms with van der Waals surface area (Å²) >= 11 is 0. The van der Waals surface area contributed by atoms with Gasteiger partial charge in [0, 0.05) is 24.7 Å². The summed E-state index contributed by atoms with van der Waals surface area (Å²) in [4.78, 5) is 32.0. The molecule has 0 bridgehead atoms. The number of imidazole rings is 1. The van der Waals surface area contributed by atoms with Crippen molar-refractivity contribution in [3.05, 3.63) is 48.0 Å². The minimum atomic E-state index is -0.313. The van der Waals surface area contributed by atoms with Crippen molar-refractivity contribution in [2.45, 2.75) is 40.3 Å². The van der Waals surface area contributed by atoms with Gasteiger partial charge in [-0.05, 0) is 57.3 Å². The Morgan fingerprint density at radius 1 is 1.09 bits per heavy atom. The van der Waals surface area contributed by atoms with Crippen LogP contribution < -0.4 is 20.1 Å². The minimum Gasteiger partial charge on any atom is -0.493 e. The summed E-state index contributed by atoms with van der Waals surface area (Å²) in [6.45, 7) is 11.3. The summed E-state index contributed by atoms with van der Waals surface area (Å²) in [7, 11) is 1.49. The maximum atomic E-state index is 13.1. The molecule has 0 aliphatic heterocycles. The Hall–Kier alpha value is -3.59. The van der Waals surface area contributed by atoms with Crippen molar-refractivity contribution < 1.29 is 19.1 Å². The SMILES string of the molecule is CCN(CC)CCn1c(NC(=O)c2ccc(OCC(=O)NC(C)C)c(OC)c2)nc2ccccc21. The van der Waals surface area contributed by atoms with Gasteiger partial charge >= 0.3 is 0 Å². The third-order valence-electron chi connectivity index (χ3n) is 5.65. The Balaban J connectivity index is 1.78. The number of likely N-dealkylation sites (N-methyl/N-ethyl adjacent to an activating group) is 1. The number of carbonyl (C=O) groups is 2. The van der Waals surface area contributed by atoms with Crippen LogP contribution in [0.4, 0.5) is 5.95 Å². The smallest absolute Gasteiger partial charge is 0.258 e. The number of nitrogens with zero attached hydrogens (tertiary/aromatic N) is 3. The lowest BCUT2D eigenvalue weighted by molar-refractivity contribution is -0.123. The highest BCUT2D eigenvalue weighted by Gasteiger charge is 2.17. The number of fused-ring (bicyclic) bond motifs is 1. The zero-order chi connectivity index (χ0) is 25.4. The van der Waals surface area contributed by atoms with Crippen LogP contribution in [0.1, 0.15) is 38.1 Å². The molecule has 0 aliphatic rings. The highest BCUT2D eigenvalue weighted by Crippen LogP contribution is 2.29. The molecule has 0 radical (unpaired) electrons. The van der Waals surface area contributed by atoms with Crippen molar-refractivity contribution in [2.75, 3.05) is 38.7 Å². The Kier molecular flexibility index (Phi) is 9.08. The molecular formula is C26H35N5O4. The monoisotopic (exact) mass is 481 g/mol. The maximum absolute atomic E-state index is 13.1. The first-order valence-electron chi connectivity index (χ1n) is 11.9. The van der Waals surface area contributed by atoms with Crippen LogP contribution in [0, 0.1) is 0 Å². The van der Waals surface area contributed by atoms with E-state index in [2.05, 4.69) is 34.4 Å². The van der Waals surface area contributed by atoms with Gasteiger partial charge in [-0.15, -0.1) is 0 Å². The number of benzene rings is 2. The van der Waals surface area contributed by atoms with Crippen LogP contribution in [0.2, 0.25) is 0 Å². The van der Waals surface area contributed by atoms with Crippen LogP contribution in [0.5, 0.6) is 11.5 Å². The number of anilines is 1. The molecule has 188 valence electrons. The Morgan fingerprint density at radius 3 is 2.51 bits per heavy atom. The molecular weight excluding hydrogens is 446 g/mol. The van der Waals surface area contributed by atoms with Crippen LogP contribution in [0.3, 0.4) is 0 Å². The van der Waals surface area contributed by atoms with Crippen molar-refractivity contribution in [1.29, 1.82) is 0 Å². The fourth-order valence-corrected chi connectivity index (χ4v) is 3.79. The van der Waals surface area contributed by atoms with E-state index in [0.29, 0.717) is 29.6 Å². The highest BCUT2D eigenvalue weighted by atomic mass is 16.5. The molecule has 2 amide bonds. The van der Waals surface area contributed by atoms with Crippen molar-refractivity contribution >= 4 is 28.8 Å². The molecule has 35 heavy (non-hydrogen) atoms. The topological polar surface area (TPSA) is 97.7 Å². The third kappa shape index (κ3) is 6.73. The van der Waals surface area contributed by atoms with Gasteiger partial charge in [0.25, 0.3) is 11.8 Å². The average Bonchev–Trinajstić information content (AvgIpc) is 3.19. The molecule has 2 aromatic carbocycles. The second kappa shape index (κ2) is 12.2. The first-order valence-corrected chi connectivity index (χ1v) is 11.9. The molecule has 0 saturated carbocycles. The molecule has 1 heterocycles. The molecule has 0 unspecified atom stereocenters. The molecule has 3 aromatic rings. The van der Waals surface area contributed by atoms with Crippen LogP contribution >= 0.6 is 0 Å². The van der Waals surface area contributed by atoms with Gasteiger partial charge in [-0.25, -0.2) is 4.98 Å². The minimum absolute atomic E-state index is 0.0234. The standard InChI is InChI=1S/C26H35N5O4/c1-6-30(7-2)14-15-31-21-11-9-8-10-20(21)28-26(31)29-25(33)19-12-13-22(23(16-19)34-5)35-17-24(32)27-18(3)4/h8-13,16,18H,6-7,14-15,17H2,1-5H3,(H,27,32)(H,28,29,33). The second-order valence-corrected chi connectivity index (χ2v) is 8.43. The van der Waals surface area contributed by atoms with Gasteiger partial charge in [-0.2, -0.15) is 0 Å². The number of carbonyl (C=O) groups excluding carboxylic acids is 2. The fraction of sp³-hybridized carbons (Fsp3) is 0.423. The number of hydrogen-bond acceptors (Lipinski definition) is 6. The Morgan fingerprint density at radius 2 is 1.83 bits per heavy atom. The van der Waals surface area contributed by atoms with E-state index in [1.165, 1.54) is 7.11 Å². The predicted octanol–water partition coefficient (Wildman–Crippen LogP) is 3.54. The van der Waals surface area contributed by atoms with E-state index in [4.69, 9.17) is 9.47 Å². The quantitative estimate of drug-likeness (QED) is 0.411. The first kappa shape index (κ1) is 26.0. The number of amides is 2. The largest absolute Gasteiger partial charge is 0.493 e. The summed E-state index contributed by atoms with van der Waals surface area (Å²) in [5.74, 6) is 0.701. The van der Waals surface area contributed by atoms with Crippen LogP contribution in [0.15, 0.2) is 42.5 Å². The lowest BCUT2D eigenvalue weighted by Gasteiger charge is -2.19. The number of aromatic nitrogens is 2. The van der Waals surface area contributed by atoms with Crippen molar-refractivity contribution in [2.24, 2.45) is 0 Å². The zero-order valence-electron chi connectivity index (χ0n) is 21.1. The first-order chi connectivity index (χ1) is 16.9.